The SMILES string of the molecule is CCOC1CC(NCc2cnn(C)c2NC(=O)OC(C)(C)C)C1. The van der Waals surface area contributed by atoms with Gasteiger partial charge in [-0.1, -0.05) is 0 Å². The first-order valence-corrected chi connectivity index (χ1v) is 8.14. The number of anilines is 1. The van der Waals surface area contributed by atoms with E-state index in [1.807, 2.05) is 27.7 Å². The highest BCUT2D eigenvalue weighted by Gasteiger charge is 2.29. The van der Waals surface area contributed by atoms with E-state index in [4.69, 9.17) is 9.47 Å². The molecule has 2 rings (SSSR count). The molecule has 23 heavy (non-hydrogen) atoms. The number of amides is 1. The highest BCUT2D eigenvalue weighted by atomic mass is 16.6. The van der Waals surface area contributed by atoms with Gasteiger partial charge in [0.2, 0.25) is 0 Å². The maximum Gasteiger partial charge on any atom is 0.413 e. The van der Waals surface area contributed by atoms with Crippen LogP contribution in [0.15, 0.2) is 6.20 Å². The lowest BCUT2D eigenvalue weighted by atomic mass is 9.89. The molecule has 0 saturated heterocycles. The van der Waals surface area contributed by atoms with Gasteiger partial charge in [-0.3, -0.25) is 10.00 Å². The molecule has 0 radical (unpaired) electrons. The van der Waals surface area contributed by atoms with E-state index in [0.29, 0.717) is 24.5 Å². The van der Waals surface area contributed by atoms with Crippen LogP contribution in [0.1, 0.15) is 46.1 Å². The zero-order chi connectivity index (χ0) is 17.0. The molecule has 0 unspecified atom stereocenters. The molecule has 1 aromatic heterocycles. The minimum Gasteiger partial charge on any atom is -0.444 e. The lowest BCUT2D eigenvalue weighted by molar-refractivity contribution is -0.0102. The Bertz CT molecular complexity index is 530. The Morgan fingerprint density at radius 3 is 2.74 bits per heavy atom. The van der Waals surface area contributed by atoms with Crippen LogP contribution in [0.2, 0.25) is 0 Å². The summed E-state index contributed by atoms with van der Waals surface area (Å²) in [4.78, 5) is 11.9. The fourth-order valence-corrected chi connectivity index (χ4v) is 2.53. The molecule has 0 aromatic carbocycles. The summed E-state index contributed by atoms with van der Waals surface area (Å²) in [5.74, 6) is 0.660. The molecule has 7 nitrogen and oxygen atoms in total. The average Bonchev–Trinajstić information content (AvgIpc) is 2.71. The Balaban J connectivity index is 1.85. The number of aromatic nitrogens is 2. The maximum absolute atomic E-state index is 11.9. The van der Waals surface area contributed by atoms with Crippen molar-refractivity contribution in [2.45, 2.75) is 64.8 Å². The summed E-state index contributed by atoms with van der Waals surface area (Å²) < 4.78 is 12.5. The predicted octanol–water partition coefficient (Wildman–Crippen LogP) is 2.42. The molecule has 1 saturated carbocycles. The number of aryl methyl sites for hydroxylation is 1. The molecule has 1 heterocycles. The molecule has 1 amide bonds. The molecule has 0 bridgehead atoms. The Hall–Kier alpha value is -1.60. The van der Waals surface area contributed by atoms with E-state index in [0.717, 1.165) is 25.0 Å². The minimum absolute atomic E-state index is 0.380. The highest BCUT2D eigenvalue weighted by molar-refractivity contribution is 5.84. The quantitative estimate of drug-likeness (QED) is 0.840. The molecular weight excluding hydrogens is 296 g/mol. The van der Waals surface area contributed by atoms with Crippen molar-refractivity contribution in [2.75, 3.05) is 11.9 Å². The van der Waals surface area contributed by atoms with Crippen LogP contribution in [0.4, 0.5) is 10.6 Å². The van der Waals surface area contributed by atoms with Gasteiger partial charge in [0.25, 0.3) is 0 Å². The van der Waals surface area contributed by atoms with Gasteiger partial charge in [-0.25, -0.2) is 4.79 Å². The number of carbonyl (C=O) groups excluding carboxylic acids is 1. The second-order valence-corrected chi connectivity index (χ2v) is 6.90. The summed E-state index contributed by atoms with van der Waals surface area (Å²) in [5, 5.41) is 10.5. The van der Waals surface area contributed by atoms with Crippen molar-refractivity contribution < 1.29 is 14.3 Å². The van der Waals surface area contributed by atoms with Gasteiger partial charge >= 0.3 is 6.09 Å². The summed E-state index contributed by atoms with van der Waals surface area (Å²) in [6, 6.07) is 0.459. The number of hydrogen-bond acceptors (Lipinski definition) is 5. The van der Waals surface area contributed by atoms with Gasteiger partial charge in [-0.05, 0) is 40.5 Å². The monoisotopic (exact) mass is 324 g/mol. The summed E-state index contributed by atoms with van der Waals surface area (Å²) >= 11 is 0. The van der Waals surface area contributed by atoms with Gasteiger partial charge < -0.3 is 14.8 Å². The summed E-state index contributed by atoms with van der Waals surface area (Å²) in [6.07, 6.45) is 3.73. The van der Waals surface area contributed by atoms with E-state index < -0.39 is 11.7 Å². The molecular formula is C16H28N4O3. The standard InChI is InChI=1S/C16H28N4O3/c1-6-22-13-7-12(8-13)17-9-11-10-18-20(5)14(11)19-15(21)23-16(2,3)4/h10,12-13,17H,6-9H2,1-5H3,(H,19,21). The van der Waals surface area contributed by atoms with Crippen molar-refractivity contribution >= 4 is 11.9 Å². The van der Waals surface area contributed by atoms with E-state index in [1.165, 1.54) is 0 Å². The first-order chi connectivity index (χ1) is 10.8. The van der Waals surface area contributed by atoms with E-state index in [1.54, 1.807) is 17.9 Å². The van der Waals surface area contributed by atoms with Crippen molar-refractivity contribution in [3.63, 3.8) is 0 Å². The second kappa shape index (κ2) is 7.31. The lowest BCUT2D eigenvalue weighted by Crippen LogP contribution is -2.45. The zero-order valence-electron chi connectivity index (χ0n) is 14.7. The first kappa shape index (κ1) is 17.7. The van der Waals surface area contributed by atoms with Crippen molar-refractivity contribution in [1.29, 1.82) is 0 Å². The number of carbonyl (C=O) groups is 1. The van der Waals surface area contributed by atoms with Crippen LogP contribution in [0.25, 0.3) is 0 Å². The van der Waals surface area contributed by atoms with Crippen molar-refractivity contribution in [2.24, 2.45) is 7.05 Å². The van der Waals surface area contributed by atoms with E-state index in [9.17, 15) is 4.79 Å². The molecule has 7 heteroatoms. The normalized spacial score (nSPS) is 20.9. The molecule has 1 aromatic rings. The number of nitrogens with zero attached hydrogens (tertiary/aromatic N) is 2. The highest BCUT2D eigenvalue weighted by Crippen LogP contribution is 2.24. The van der Waals surface area contributed by atoms with Crippen LogP contribution in [0, 0.1) is 0 Å². The van der Waals surface area contributed by atoms with E-state index in [-0.39, 0.29) is 0 Å². The van der Waals surface area contributed by atoms with Crippen LogP contribution in [-0.4, -0.2) is 40.2 Å². The number of hydrogen-bond donors (Lipinski definition) is 2. The Morgan fingerprint density at radius 1 is 1.43 bits per heavy atom. The van der Waals surface area contributed by atoms with Crippen molar-refractivity contribution in [3.8, 4) is 0 Å². The van der Waals surface area contributed by atoms with Crippen LogP contribution in [-0.2, 0) is 23.1 Å². The van der Waals surface area contributed by atoms with Gasteiger partial charge in [0.1, 0.15) is 11.4 Å². The van der Waals surface area contributed by atoms with Gasteiger partial charge in [0.05, 0.1) is 12.3 Å². The van der Waals surface area contributed by atoms with Crippen LogP contribution >= 0.6 is 0 Å². The Labute approximate surface area is 137 Å². The van der Waals surface area contributed by atoms with Crippen molar-refractivity contribution in [3.05, 3.63) is 11.8 Å². The van der Waals surface area contributed by atoms with Crippen LogP contribution in [0.5, 0.6) is 0 Å². The first-order valence-electron chi connectivity index (χ1n) is 8.14. The molecule has 0 spiro atoms. The molecule has 0 atom stereocenters. The van der Waals surface area contributed by atoms with Gasteiger partial charge in [0.15, 0.2) is 0 Å². The van der Waals surface area contributed by atoms with E-state index in [2.05, 4.69) is 15.7 Å². The maximum atomic E-state index is 11.9. The third kappa shape index (κ3) is 5.21. The molecule has 0 aliphatic heterocycles. The lowest BCUT2D eigenvalue weighted by Gasteiger charge is -2.35. The molecule has 2 N–H and O–H groups in total. The van der Waals surface area contributed by atoms with Gasteiger partial charge in [0, 0.05) is 31.8 Å². The zero-order valence-corrected chi connectivity index (χ0v) is 14.7. The largest absolute Gasteiger partial charge is 0.444 e. The summed E-state index contributed by atoms with van der Waals surface area (Å²) in [6.45, 7) is 8.95. The fraction of sp³-hybridized carbons (Fsp3) is 0.750. The van der Waals surface area contributed by atoms with Gasteiger partial charge in [-0.15, -0.1) is 0 Å². The molecule has 1 fully saturated rings. The smallest absolute Gasteiger partial charge is 0.413 e. The predicted molar refractivity (Wildman–Crippen MR) is 88.3 cm³/mol. The van der Waals surface area contributed by atoms with Gasteiger partial charge in [-0.2, -0.15) is 5.10 Å². The van der Waals surface area contributed by atoms with Crippen molar-refractivity contribution in [1.82, 2.24) is 15.1 Å². The number of ether oxygens (including phenoxy) is 2. The summed E-state index contributed by atoms with van der Waals surface area (Å²) in [7, 11) is 1.80. The molecule has 1 aliphatic rings. The second-order valence-electron chi connectivity index (χ2n) is 6.90. The minimum atomic E-state index is -0.526. The summed E-state index contributed by atoms with van der Waals surface area (Å²) in [5.41, 5.74) is 0.416. The Morgan fingerprint density at radius 2 is 2.13 bits per heavy atom. The third-order valence-corrected chi connectivity index (χ3v) is 3.71. The van der Waals surface area contributed by atoms with Crippen LogP contribution in [0.3, 0.4) is 0 Å². The van der Waals surface area contributed by atoms with Crippen LogP contribution < -0.4 is 10.6 Å². The number of nitrogens with one attached hydrogen (secondary N) is 2. The molecule has 1 aliphatic carbocycles. The molecule has 130 valence electrons. The topological polar surface area (TPSA) is 77.4 Å². The fourth-order valence-electron chi connectivity index (χ4n) is 2.53. The third-order valence-electron chi connectivity index (χ3n) is 3.71. The Kier molecular flexibility index (Phi) is 5.64. The number of rotatable bonds is 6. The van der Waals surface area contributed by atoms with E-state index >= 15 is 0 Å². The average molecular weight is 324 g/mol.